The van der Waals surface area contributed by atoms with E-state index in [4.69, 9.17) is 4.74 Å². The maximum absolute atomic E-state index is 12.7. The van der Waals surface area contributed by atoms with E-state index < -0.39 is 22.1 Å². The van der Waals surface area contributed by atoms with Crippen LogP contribution in [0.3, 0.4) is 0 Å². The van der Waals surface area contributed by atoms with E-state index in [1.807, 2.05) is 19.1 Å². The van der Waals surface area contributed by atoms with Crippen LogP contribution in [0.25, 0.3) is 0 Å². The van der Waals surface area contributed by atoms with Crippen LogP contribution in [-0.2, 0) is 21.2 Å². The van der Waals surface area contributed by atoms with E-state index in [1.165, 1.54) is 35.5 Å². The number of aryl methyl sites for hydroxylation is 1. The van der Waals surface area contributed by atoms with Crippen molar-refractivity contribution in [3.63, 3.8) is 0 Å². The fourth-order valence-electron chi connectivity index (χ4n) is 2.92. The van der Waals surface area contributed by atoms with Crippen molar-refractivity contribution in [1.82, 2.24) is 4.31 Å². The van der Waals surface area contributed by atoms with Gasteiger partial charge in [0.05, 0.1) is 10.5 Å². The third-order valence-corrected chi connectivity index (χ3v) is 6.76. The lowest BCUT2D eigenvalue weighted by atomic mass is 10.0. The maximum Gasteiger partial charge on any atom is 0.338 e. The first kappa shape index (κ1) is 22.8. The quantitative estimate of drug-likeness (QED) is 0.459. The lowest BCUT2D eigenvalue weighted by Crippen LogP contribution is -2.30. The van der Waals surface area contributed by atoms with Crippen LogP contribution in [0.4, 0.5) is 0 Å². The second kappa shape index (κ2) is 9.80. The third kappa shape index (κ3) is 5.31. The molecule has 0 amide bonds. The number of esters is 1. The number of benzene rings is 2. The van der Waals surface area contributed by atoms with E-state index in [-0.39, 0.29) is 16.2 Å². The van der Waals surface area contributed by atoms with Crippen LogP contribution in [0, 0.1) is 0 Å². The molecule has 0 saturated carbocycles. The molecule has 7 heteroatoms. The lowest BCUT2D eigenvalue weighted by Gasteiger charge is -2.19. The zero-order valence-corrected chi connectivity index (χ0v) is 18.0. The van der Waals surface area contributed by atoms with Crippen LogP contribution in [0.5, 0.6) is 0 Å². The highest BCUT2D eigenvalue weighted by molar-refractivity contribution is 7.89. The Morgan fingerprint density at radius 3 is 2.14 bits per heavy atom. The Labute approximate surface area is 172 Å². The summed E-state index contributed by atoms with van der Waals surface area (Å²) in [5.74, 6) is -1.06. The summed E-state index contributed by atoms with van der Waals surface area (Å²) in [6, 6.07) is 12.8. The minimum Gasteiger partial charge on any atom is -0.451 e. The fraction of sp³-hybridized carbons (Fsp3) is 0.364. The number of hydrogen-bond donors (Lipinski definition) is 0. The molecule has 0 aliphatic rings. The summed E-state index contributed by atoms with van der Waals surface area (Å²) in [7, 11) is -3.69. The largest absolute Gasteiger partial charge is 0.451 e. The van der Waals surface area contributed by atoms with Gasteiger partial charge >= 0.3 is 5.97 Å². The molecule has 29 heavy (non-hydrogen) atoms. The van der Waals surface area contributed by atoms with Gasteiger partial charge in [0, 0.05) is 18.7 Å². The molecule has 0 bridgehead atoms. The highest BCUT2D eigenvalue weighted by atomic mass is 32.2. The first-order chi connectivity index (χ1) is 13.7. The van der Waals surface area contributed by atoms with Gasteiger partial charge in [0.1, 0.15) is 0 Å². The summed E-state index contributed by atoms with van der Waals surface area (Å²) in [6.45, 7) is 7.69. The van der Waals surface area contributed by atoms with Gasteiger partial charge < -0.3 is 4.74 Å². The standard InChI is InChI=1S/C22H27NO5S/c1-5-17-11-13-18(14-12-17)21(24)16(4)28-22(25)19-9-8-10-20(15-19)29(26,27)23(6-2)7-3/h8-16H,5-7H2,1-4H3/t16-/m0/s1. The summed E-state index contributed by atoms with van der Waals surface area (Å²) in [5, 5.41) is 0. The predicted molar refractivity (Wildman–Crippen MR) is 112 cm³/mol. The van der Waals surface area contributed by atoms with Crippen LogP contribution in [0.15, 0.2) is 53.4 Å². The van der Waals surface area contributed by atoms with Crippen LogP contribution >= 0.6 is 0 Å². The van der Waals surface area contributed by atoms with Crippen molar-refractivity contribution in [3.8, 4) is 0 Å². The van der Waals surface area contributed by atoms with Gasteiger partial charge in [-0.2, -0.15) is 4.31 Å². The molecule has 0 radical (unpaired) electrons. The highest BCUT2D eigenvalue weighted by Gasteiger charge is 2.24. The number of rotatable bonds is 9. The number of hydrogen-bond acceptors (Lipinski definition) is 5. The van der Waals surface area contributed by atoms with E-state index in [9.17, 15) is 18.0 Å². The van der Waals surface area contributed by atoms with Crippen molar-refractivity contribution in [3.05, 3.63) is 65.2 Å². The SMILES string of the molecule is CCc1ccc(C(=O)[C@H](C)OC(=O)c2cccc(S(=O)(=O)N(CC)CC)c2)cc1. The van der Waals surface area contributed by atoms with E-state index >= 15 is 0 Å². The molecule has 0 aliphatic heterocycles. The van der Waals surface area contributed by atoms with Gasteiger partial charge in [-0.15, -0.1) is 0 Å². The molecule has 0 unspecified atom stereocenters. The molecule has 0 aliphatic carbocycles. The minimum atomic E-state index is -3.69. The summed E-state index contributed by atoms with van der Waals surface area (Å²) in [6.07, 6.45) is -0.121. The van der Waals surface area contributed by atoms with Gasteiger partial charge in [-0.1, -0.05) is 51.1 Å². The first-order valence-corrected chi connectivity index (χ1v) is 11.1. The Kier molecular flexibility index (Phi) is 7.70. The number of carbonyl (C=O) groups is 2. The molecule has 6 nitrogen and oxygen atoms in total. The number of ether oxygens (including phenoxy) is 1. The Bertz CT molecular complexity index is 963. The van der Waals surface area contributed by atoms with Gasteiger partial charge in [0.15, 0.2) is 6.10 Å². The van der Waals surface area contributed by atoms with Crippen molar-refractivity contribution in [2.24, 2.45) is 0 Å². The monoisotopic (exact) mass is 417 g/mol. The van der Waals surface area contributed by atoms with Crippen LogP contribution in [0.1, 0.15) is 54.0 Å². The molecule has 2 aromatic rings. The average Bonchev–Trinajstić information content (AvgIpc) is 2.74. The van der Waals surface area contributed by atoms with Crippen molar-refractivity contribution in [2.75, 3.05) is 13.1 Å². The molecule has 0 heterocycles. The Hall–Kier alpha value is -2.51. The first-order valence-electron chi connectivity index (χ1n) is 9.68. The molecule has 0 aromatic heterocycles. The Morgan fingerprint density at radius 1 is 0.966 bits per heavy atom. The number of ketones is 1. The molecule has 0 N–H and O–H groups in total. The van der Waals surface area contributed by atoms with Crippen molar-refractivity contribution >= 4 is 21.8 Å². The number of nitrogens with zero attached hydrogens (tertiary/aromatic N) is 1. The molecule has 2 aromatic carbocycles. The molecule has 2 rings (SSSR count). The van der Waals surface area contributed by atoms with Crippen LogP contribution in [-0.4, -0.2) is 43.7 Å². The molecule has 0 fully saturated rings. The Morgan fingerprint density at radius 2 is 1.59 bits per heavy atom. The van der Waals surface area contributed by atoms with Crippen LogP contribution < -0.4 is 0 Å². The third-order valence-electron chi connectivity index (χ3n) is 4.71. The zero-order chi connectivity index (χ0) is 21.6. The predicted octanol–water partition coefficient (Wildman–Crippen LogP) is 3.71. The molecule has 0 spiro atoms. The Balaban J connectivity index is 2.17. The number of carbonyl (C=O) groups excluding carboxylic acids is 2. The summed E-state index contributed by atoms with van der Waals surface area (Å²) in [4.78, 5) is 25.0. The van der Waals surface area contributed by atoms with Gasteiger partial charge in [-0.3, -0.25) is 4.79 Å². The smallest absolute Gasteiger partial charge is 0.338 e. The lowest BCUT2D eigenvalue weighted by molar-refractivity contribution is 0.0318. The topological polar surface area (TPSA) is 80.8 Å². The second-order valence-electron chi connectivity index (χ2n) is 6.58. The maximum atomic E-state index is 12.7. The van der Waals surface area contributed by atoms with Gasteiger partial charge in [0.25, 0.3) is 0 Å². The average molecular weight is 418 g/mol. The van der Waals surface area contributed by atoms with Crippen molar-refractivity contribution in [2.45, 2.75) is 45.1 Å². The van der Waals surface area contributed by atoms with Crippen LogP contribution in [0.2, 0.25) is 0 Å². The minimum absolute atomic E-state index is 0.0183. The van der Waals surface area contributed by atoms with Crippen molar-refractivity contribution < 1.29 is 22.7 Å². The fourth-order valence-corrected chi connectivity index (χ4v) is 4.42. The molecular formula is C22H27NO5S. The normalized spacial score (nSPS) is 12.6. The number of sulfonamides is 1. The van der Waals surface area contributed by atoms with E-state index in [2.05, 4.69) is 0 Å². The summed E-state index contributed by atoms with van der Waals surface area (Å²) < 4.78 is 31.9. The summed E-state index contributed by atoms with van der Waals surface area (Å²) >= 11 is 0. The van der Waals surface area contributed by atoms with Gasteiger partial charge in [0.2, 0.25) is 15.8 Å². The highest BCUT2D eigenvalue weighted by Crippen LogP contribution is 2.18. The summed E-state index contributed by atoms with van der Waals surface area (Å²) in [5.41, 5.74) is 1.65. The van der Waals surface area contributed by atoms with Gasteiger partial charge in [-0.05, 0) is 37.1 Å². The second-order valence-corrected chi connectivity index (χ2v) is 8.52. The van der Waals surface area contributed by atoms with E-state index in [0.29, 0.717) is 18.7 Å². The van der Waals surface area contributed by atoms with E-state index in [1.54, 1.807) is 26.0 Å². The molecule has 156 valence electrons. The van der Waals surface area contributed by atoms with Gasteiger partial charge in [-0.25, -0.2) is 13.2 Å². The van der Waals surface area contributed by atoms with Crippen molar-refractivity contribution in [1.29, 1.82) is 0 Å². The molecular weight excluding hydrogens is 390 g/mol. The zero-order valence-electron chi connectivity index (χ0n) is 17.2. The molecule has 1 atom stereocenters. The molecule has 0 saturated heterocycles. The van der Waals surface area contributed by atoms with E-state index in [0.717, 1.165) is 12.0 Å². The number of Topliss-reactive ketones (excluding diaryl/α,β-unsaturated/α-hetero) is 1.